The molecule has 4 heteroatoms. The van der Waals surface area contributed by atoms with Gasteiger partial charge >= 0.3 is 0 Å². The summed E-state index contributed by atoms with van der Waals surface area (Å²) in [5.74, 6) is 0.0454. The van der Waals surface area contributed by atoms with E-state index < -0.39 is 0 Å². The van der Waals surface area contributed by atoms with Crippen LogP contribution in [0.2, 0.25) is 5.02 Å². The molecule has 4 rings (SSSR count). The Hall–Kier alpha value is -3.30. The SMILES string of the molecule is CCCCC/C(=C\c1ccccc1)CN(CCc1c[nH]c2ccccc12)C(=O)c1ccc(Cl)c(C)c1. The highest BCUT2D eigenvalue weighted by Crippen LogP contribution is 2.22. The largest absolute Gasteiger partial charge is 0.361 e. The zero-order chi connectivity index (χ0) is 25.3. The zero-order valence-electron chi connectivity index (χ0n) is 21.3. The van der Waals surface area contributed by atoms with Crippen LogP contribution in [-0.4, -0.2) is 28.9 Å². The molecule has 0 aliphatic heterocycles. The van der Waals surface area contributed by atoms with E-state index in [-0.39, 0.29) is 5.91 Å². The van der Waals surface area contributed by atoms with Crippen molar-refractivity contribution in [3.8, 4) is 0 Å². The maximum atomic E-state index is 13.8. The Morgan fingerprint density at radius 3 is 2.56 bits per heavy atom. The number of H-pyrrole nitrogens is 1. The van der Waals surface area contributed by atoms with Crippen LogP contribution in [0.15, 0.2) is 84.6 Å². The highest BCUT2D eigenvalue weighted by molar-refractivity contribution is 6.31. The molecular weight excluding hydrogens is 464 g/mol. The molecular formula is C32H35ClN2O. The summed E-state index contributed by atoms with van der Waals surface area (Å²) in [6.07, 6.45) is 9.59. The number of benzene rings is 3. The van der Waals surface area contributed by atoms with Crippen LogP contribution in [0.4, 0.5) is 0 Å². The standard InChI is InChI=1S/C32H35ClN2O/c1-3-4-6-13-26(21-25-11-7-5-8-12-25)23-35(32(36)27-16-17-30(33)24(2)20-27)19-18-28-22-34-31-15-10-9-14-29(28)31/h5,7-12,14-17,20-22,34H,3-4,6,13,18-19,23H2,1-2H3/b26-21+. The van der Waals surface area contributed by atoms with Gasteiger partial charge in [0.1, 0.15) is 0 Å². The molecule has 0 unspecified atom stereocenters. The number of aryl methyl sites for hydroxylation is 1. The monoisotopic (exact) mass is 498 g/mol. The summed E-state index contributed by atoms with van der Waals surface area (Å²) in [5.41, 5.74) is 6.42. The molecule has 0 aliphatic rings. The van der Waals surface area contributed by atoms with Gasteiger partial charge in [0.05, 0.1) is 0 Å². The van der Waals surface area contributed by atoms with Crippen molar-refractivity contribution < 1.29 is 4.79 Å². The van der Waals surface area contributed by atoms with E-state index in [9.17, 15) is 4.79 Å². The fourth-order valence-corrected chi connectivity index (χ4v) is 4.75. The first-order valence-electron chi connectivity index (χ1n) is 12.9. The van der Waals surface area contributed by atoms with Crippen LogP contribution in [0.3, 0.4) is 0 Å². The Morgan fingerprint density at radius 1 is 1.00 bits per heavy atom. The second kappa shape index (κ2) is 12.6. The molecule has 0 atom stereocenters. The van der Waals surface area contributed by atoms with E-state index >= 15 is 0 Å². The summed E-state index contributed by atoms with van der Waals surface area (Å²) < 4.78 is 0. The predicted octanol–water partition coefficient (Wildman–Crippen LogP) is 8.48. The van der Waals surface area contributed by atoms with Gasteiger partial charge in [-0.05, 0) is 67.1 Å². The predicted molar refractivity (Wildman–Crippen MR) is 153 cm³/mol. The summed E-state index contributed by atoms with van der Waals surface area (Å²) >= 11 is 6.26. The number of amides is 1. The van der Waals surface area contributed by atoms with Crippen LogP contribution >= 0.6 is 11.6 Å². The number of aromatic nitrogens is 1. The lowest BCUT2D eigenvalue weighted by Gasteiger charge is -2.25. The number of unbranched alkanes of at least 4 members (excludes halogenated alkanes) is 2. The number of carbonyl (C=O) groups is 1. The van der Waals surface area contributed by atoms with E-state index in [2.05, 4.69) is 66.6 Å². The van der Waals surface area contributed by atoms with Gasteiger partial charge in [-0.25, -0.2) is 0 Å². The lowest BCUT2D eigenvalue weighted by atomic mass is 10.0. The van der Waals surface area contributed by atoms with Crippen molar-refractivity contribution in [2.75, 3.05) is 13.1 Å². The fourth-order valence-electron chi connectivity index (χ4n) is 4.64. The average Bonchev–Trinajstić information content (AvgIpc) is 3.31. The molecule has 4 aromatic rings. The number of nitrogens with zero attached hydrogens (tertiary/aromatic N) is 1. The number of carbonyl (C=O) groups excluding carboxylic acids is 1. The lowest BCUT2D eigenvalue weighted by molar-refractivity contribution is 0.0770. The molecule has 0 bridgehead atoms. The van der Waals surface area contributed by atoms with Crippen LogP contribution < -0.4 is 0 Å². The minimum Gasteiger partial charge on any atom is -0.361 e. The molecule has 0 radical (unpaired) electrons. The number of para-hydroxylation sites is 1. The molecule has 0 spiro atoms. The van der Waals surface area contributed by atoms with Gasteiger partial charge in [-0.15, -0.1) is 0 Å². The van der Waals surface area contributed by atoms with Crippen LogP contribution in [0.5, 0.6) is 0 Å². The Kier molecular flexibility index (Phi) is 9.02. The second-order valence-electron chi connectivity index (χ2n) is 9.47. The van der Waals surface area contributed by atoms with Crippen molar-refractivity contribution in [3.63, 3.8) is 0 Å². The Morgan fingerprint density at radius 2 is 1.78 bits per heavy atom. The normalized spacial score (nSPS) is 11.7. The molecule has 0 saturated carbocycles. The molecule has 3 nitrogen and oxygen atoms in total. The van der Waals surface area contributed by atoms with Crippen LogP contribution in [0.1, 0.15) is 59.7 Å². The van der Waals surface area contributed by atoms with Crippen molar-refractivity contribution in [1.82, 2.24) is 9.88 Å². The Bertz CT molecular complexity index is 1320. The first-order valence-corrected chi connectivity index (χ1v) is 13.3. The molecule has 186 valence electrons. The van der Waals surface area contributed by atoms with Gasteiger partial charge in [0.2, 0.25) is 0 Å². The third kappa shape index (κ3) is 6.67. The summed E-state index contributed by atoms with van der Waals surface area (Å²) in [5, 5.41) is 1.90. The van der Waals surface area contributed by atoms with Gasteiger partial charge in [-0.3, -0.25) is 4.79 Å². The summed E-state index contributed by atoms with van der Waals surface area (Å²) in [6, 6.07) is 24.3. The second-order valence-corrected chi connectivity index (χ2v) is 9.88. The Balaban J connectivity index is 1.62. The third-order valence-electron chi connectivity index (χ3n) is 6.68. The van der Waals surface area contributed by atoms with Gasteiger partial charge in [-0.2, -0.15) is 0 Å². The number of hydrogen-bond donors (Lipinski definition) is 1. The van der Waals surface area contributed by atoms with E-state index in [1.54, 1.807) is 0 Å². The number of fused-ring (bicyclic) bond motifs is 1. The van der Waals surface area contributed by atoms with Crippen molar-refractivity contribution in [3.05, 3.63) is 112 Å². The number of aromatic amines is 1. The van der Waals surface area contributed by atoms with Gasteiger partial charge in [-0.1, -0.05) is 91.5 Å². The van der Waals surface area contributed by atoms with Gasteiger partial charge in [0.25, 0.3) is 5.91 Å². The Labute approximate surface area is 219 Å². The van der Waals surface area contributed by atoms with E-state index in [0.29, 0.717) is 23.7 Å². The van der Waals surface area contributed by atoms with Gasteiger partial charge < -0.3 is 9.88 Å². The van der Waals surface area contributed by atoms with E-state index in [4.69, 9.17) is 11.6 Å². The lowest BCUT2D eigenvalue weighted by Crippen LogP contribution is -2.34. The fraction of sp³-hybridized carbons (Fsp3) is 0.281. The topological polar surface area (TPSA) is 36.1 Å². The van der Waals surface area contributed by atoms with Gasteiger partial charge in [0.15, 0.2) is 0 Å². The first-order chi connectivity index (χ1) is 17.5. The number of nitrogens with one attached hydrogen (secondary N) is 1. The minimum absolute atomic E-state index is 0.0454. The summed E-state index contributed by atoms with van der Waals surface area (Å²) in [4.78, 5) is 19.2. The highest BCUT2D eigenvalue weighted by atomic mass is 35.5. The summed E-state index contributed by atoms with van der Waals surface area (Å²) in [6.45, 7) is 5.42. The number of halogens is 1. The van der Waals surface area contributed by atoms with E-state index in [1.807, 2.05) is 42.2 Å². The molecule has 3 aromatic carbocycles. The number of hydrogen-bond acceptors (Lipinski definition) is 1. The van der Waals surface area contributed by atoms with Crippen molar-refractivity contribution in [2.24, 2.45) is 0 Å². The molecule has 0 aliphatic carbocycles. The van der Waals surface area contributed by atoms with E-state index in [1.165, 1.54) is 34.9 Å². The third-order valence-corrected chi connectivity index (χ3v) is 7.11. The average molecular weight is 499 g/mol. The molecule has 1 amide bonds. The van der Waals surface area contributed by atoms with Crippen LogP contribution in [0, 0.1) is 6.92 Å². The molecule has 1 aromatic heterocycles. The molecule has 0 saturated heterocycles. The quantitative estimate of drug-likeness (QED) is 0.207. The minimum atomic E-state index is 0.0454. The molecule has 1 N–H and O–H groups in total. The van der Waals surface area contributed by atoms with Crippen LogP contribution in [-0.2, 0) is 6.42 Å². The van der Waals surface area contributed by atoms with Crippen molar-refractivity contribution >= 4 is 34.5 Å². The molecule has 0 fully saturated rings. The summed E-state index contributed by atoms with van der Waals surface area (Å²) in [7, 11) is 0. The highest BCUT2D eigenvalue weighted by Gasteiger charge is 2.19. The number of rotatable bonds is 11. The first kappa shape index (κ1) is 25.8. The smallest absolute Gasteiger partial charge is 0.254 e. The van der Waals surface area contributed by atoms with Gasteiger partial charge in [0, 0.05) is 40.8 Å². The maximum Gasteiger partial charge on any atom is 0.254 e. The molecule has 36 heavy (non-hydrogen) atoms. The molecule has 1 heterocycles. The zero-order valence-corrected chi connectivity index (χ0v) is 22.0. The van der Waals surface area contributed by atoms with Crippen molar-refractivity contribution in [1.29, 1.82) is 0 Å². The van der Waals surface area contributed by atoms with Crippen LogP contribution in [0.25, 0.3) is 17.0 Å². The van der Waals surface area contributed by atoms with Crippen molar-refractivity contribution in [2.45, 2.75) is 46.0 Å². The van der Waals surface area contributed by atoms with E-state index in [0.717, 1.165) is 30.3 Å². The maximum absolute atomic E-state index is 13.8.